The Labute approximate surface area is 236 Å². The van der Waals surface area contributed by atoms with Crippen LogP contribution in [0.1, 0.15) is 22.9 Å². The van der Waals surface area contributed by atoms with Gasteiger partial charge in [-0.1, -0.05) is 24.3 Å². The Balaban J connectivity index is 0.00000370. The van der Waals surface area contributed by atoms with E-state index < -0.39 is 29.7 Å². The number of piperazine rings is 1. The molecule has 5 rings (SSSR count). The molecule has 0 saturated carbocycles. The number of rotatable bonds is 5. The Morgan fingerprint density at radius 3 is 2.17 bits per heavy atom. The summed E-state index contributed by atoms with van der Waals surface area (Å²) in [4.78, 5) is 34.3. The lowest BCUT2D eigenvalue weighted by Crippen LogP contribution is -2.58. The third kappa shape index (κ3) is 5.41. The zero-order valence-corrected chi connectivity index (χ0v) is 22.8. The van der Waals surface area contributed by atoms with Crippen LogP contribution < -0.4 is 10.5 Å². The summed E-state index contributed by atoms with van der Waals surface area (Å²) in [6, 6.07) is 17.4. The molecule has 11 heteroatoms. The average Bonchev–Trinajstić information content (AvgIpc) is 2.96. The Morgan fingerprint density at radius 1 is 1.02 bits per heavy atom. The fourth-order valence-corrected chi connectivity index (χ4v) is 5.15. The molecule has 1 atom stereocenters. The molecule has 1 aliphatic rings. The first-order chi connectivity index (χ1) is 18.8. The number of hydrogen-bond acceptors (Lipinski definition) is 7. The lowest BCUT2D eigenvalue weighted by Gasteiger charge is -2.45. The number of aromatic nitrogens is 2. The van der Waals surface area contributed by atoms with Gasteiger partial charge in [0, 0.05) is 32.7 Å². The first-order valence-electron chi connectivity index (χ1n) is 12.3. The van der Waals surface area contributed by atoms with Crippen LogP contribution in [0.25, 0.3) is 11.0 Å². The molecule has 2 aromatic heterocycles. The van der Waals surface area contributed by atoms with Crippen LogP contribution in [0.4, 0.5) is 14.5 Å². The number of benzene rings is 2. The molecule has 0 spiro atoms. The molecule has 0 N–H and O–H groups in total. The highest BCUT2D eigenvalue weighted by Gasteiger charge is 2.39. The fourth-order valence-electron chi connectivity index (χ4n) is 5.15. The van der Waals surface area contributed by atoms with E-state index in [0.29, 0.717) is 29.8 Å². The summed E-state index contributed by atoms with van der Waals surface area (Å²) in [5.41, 5.74) is 2.95. The molecule has 0 aliphatic carbocycles. The van der Waals surface area contributed by atoms with Crippen molar-refractivity contribution in [3.63, 3.8) is 0 Å². The molecule has 1 fully saturated rings. The van der Waals surface area contributed by atoms with E-state index in [1.54, 1.807) is 43.4 Å². The van der Waals surface area contributed by atoms with Crippen molar-refractivity contribution in [1.82, 2.24) is 14.5 Å². The molecule has 1 aliphatic heterocycles. The van der Waals surface area contributed by atoms with Crippen molar-refractivity contribution in [3.8, 4) is 6.07 Å². The van der Waals surface area contributed by atoms with Gasteiger partial charge in [-0.25, -0.2) is 13.8 Å². The number of nitrogens with zero attached hydrogens (tertiary/aromatic N) is 5. The second kappa shape index (κ2) is 11.9. The maximum atomic E-state index is 13.8. The molecule has 4 aromatic rings. The number of halogens is 2. The van der Waals surface area contributed by atoms with Gasteiger partial charge < -0.3 is 14.2 Å². The summed E-state index contributed by atoms with van der Waals surface area (Å²) in [6.45, 7) is 0.924. The van der Waals surface area contributed by atoms with Crippen LogP contribution in [-0.2, 0) is 16.6 Å². The van der Waals surface area contributed by atoms with E-state index in [9.17, 15) is 23.6 Å². The number of nitriles is 1. The van der Waals surface area contributed by atoms with Gasteiger partial charge in [0.05, 0.1) is 24.4 Å². The van der Waals surface area contributed by atoms with Crippen molar-refractivity contribution in [3.05, 3.63) is 106 Å². The standard InChI is InChI=1S/C29H25F2N5O3.H2S/c1-34-23-12-11-22(16-32)33-27(23)24(15-26(34)37)35-13-14-36(25(17-35)29(38)39-2)28(18-3-7-20(30)8-4-18)19-5-9-21(31)10-6-19;/h3-12,15,25,28H,13-14,17H2,1-2H3;1H2/t25-;/m0./s1. The van der Waals surface area contributed by atoms with Gasteiger partial charge in [0.1, 0.15) is 35.0 Å². The summed E-state index contributed by atoms with van der Waals surface area (Å²) < 4.78 is 34.2. The zero-order valence-electron chi connectivity index (χ0n) is 21.8. The van der Waals surface area contributed by atoms with E-state index in [-0.39, 0.29) is 31.3 Å². The topological polar surface area (TPSA) is 91.5 Å². The highest BCUT2D eigenvalue weighted by atomic mass is 32.1. The number of hydrogen-bond donors (Lipinski definition) is 0. The predicted molar refractivity (Wildman–Crippen MR) is 151 cm³/mol. The van der Waals surface area contributed by atoms with Crippen molar-refractivity contribution < 1.29 is 18.3 Å². The van der Waals surface area contributed by atoms with Gasteiger partial charge >= 0.3 is 5.97 Å². The van der Waals surface area contributed by atoms with E-state index in [1.165, 1.54) is 42.0 Å². The Morgan fingerprint density at radius 2 is 1.62 bits per heavy atom. The van der Waals surface area contributed by atoms with Gasteiger partial charge in [-0.3, -0.25) is 14.5 Å². The van der Waals surface area contributed by atoms with Crippen LogP contribution in [0.3, 0.4) is 0 Å². The number of anilines is 1. The second-order valence-electron chi connectivity index (χ2n) is 9.33. The SMILES string of the molecule is COC(=O)[C@@H]1CN(c2cc(=O)n(C)c3ccc(C#N)nc23)CCN1C(c1ccc(F)cc1)c1ccc(F)cc1.S. The first-order valence-corrected chi connectivity index (χ1v) is 12.3. The van der Waals surface area contributed by atoms with Crippen molar-refractivity contribution in [2.75, 3.05) is 31.6 Å². The van der Waals surface area contributed by atoms with Crippen LogP contribution >= 0.6 is 13.5 Å². The number of pyridine rings is 2. The molecule has 206 valence electrons. The van der Waals surface area contributed by atoms with Crippen molar-refractivity contribution in [2.24, 2.45) is 7.05 Å². The summed E-state index contributed by atoms with van der Waals surface area (Å²) in [6.07, 6.45) is 0. The lowest BCUT2D eigenvalue weighted by molar-refractivity contribution is -0.148. The third-order valence-electron chi connectivity index (χ3n) is 7.12. The normalized spacial score (nSPS) is 15.5. The van der Waals surface area contributed by atoms with Gasteiger partial charge in [-0.2, -0.15) is 18.8 Å². The van der Waals surface area contributed by atoms with Crippen LogP contribution in [0.5, 0.6) is 0 Å². The van der Waals surface area contributed by atoms with Crippen LogP contribution in [0.15, 0.2) is 71.5 Å². The van der Waals surface area contributed by atoms with E-state index in [2.05, 4.69) is 4.98 Å². The number of aryl methyl sites for hydroxylation is 1. The number of fused-ring (bicyclic) bond motifs is 1. The van der Waals surface area contributed by atoms with E-state index in [0.717, 1.165) is 11.1 Å². The molecule has 0 radical (unpaired) electrons. The minimum atomic E-state index is -0.790. The zero-order chi connectivity index (χ0) is 27.7. The molecular formula is C29H27F2N5O3S. The molecule has 8 nitrogen and oxygen atoms in total. The summed E-state index contributed by atoms with van der Waals surface area (Å²) in [5, 5.41) is 9.41. The van der Waals surface area contributed by atoms with Crippen LogP contribution in [-0.4, -0.2) is 53.2 Å². The van der Waals surface area contributed by atoms with Gasteiger partial charge in [-0.05, 0) is 47.5 Å². The summed E-state index contributed by atoms with van der Waals surface area (Å²) in [7, 11) is 2.94. The predicted octanol–water partition coefficient (Wildman–Crippen LogP) is 3.65. The average molecular weight is 564 g/mol. The molecule has 0 bridgehead atoms. The van der Waals surface area contributed by atoms with Crippen molar-refractivity contribution in [2.45, 2.75) is 12.1 Å². The van der Waals surface area contributed by atoms with E-state index in [1.807, 2.05) is 15.9 Å². The van der Waals surface area contributed by atoms with Gasteiger partial charge in [0.2, 0.25) is 0 Å². The highest BCUT2D eigenvalue weighted by Crippen LogP contribution is 2.34. The minimum absolute atomic E-state index is 0. The number of esters is 1. The molecule has 1 saturated heterocycles. The van der Waals surface area contributed by atoms with E-state index in [4.69, 9.17) is 4.74 Å². The fraction of sp³-hybridized carbons (Fsp3) is 0.241. The van der Waals surface area contributed by atoms with Gasteiger partial charge in [-0.15, -0.1) is 0 Å². The molecular weight excluding hydrogens is 536 g/mol. The second-order valence-corrected chi connectivity index (χ2v) is 9.33. The van der Waals surface area contributed by atoms with Crippen LogP contribution in [0.2, 0.25) is 0 Å². The largest absolute Gasteiger partial charge is 0.468 e. The molecule has 0 unspecified atom stereocenters. The molecule has 0 amide bonds. The van der Waals surface area contributed by atoms with E-state index >= 15 is 0 Å². The summed E-state index contributed by atoms with van der Waals surface area (Å²) in [5.74, 6) is -1.28. The smallest absolute Gasteiger partial charge is 0.324 e. The first kappa shape index (κ1) is 28.7. The highest BCUT2D eigenvalue weighted by molar-refractivity contribution is 7.59. The number of methoxy groups -OCH3 is 1. The minimum Gasteiger partial charge on any atom is -0.468 e. The Hall–Kier alpha value is -4.27. The Bertz CT molecular complexity index is 1590. The third-order valence-corrected chi connectivity index (χ3v) is 7.12. The molecule has 2 aromatic carbocycles. The van der Waals surface area contributed by atoms with Crippen molar-refractivity contribution >= 4 is 36.2 Å². The number of carbonyl (C=O) groups excluding carboxylic acids is 1. The van der Waals surface area contributed by atoms with Crippen LogP contribution in [0, 0.1) is 23.0 Å². The maximum absolute atomic E-state index is 13.8. The number of carbonyl (C=O) groups is 1. The quantitative estimate of drug-likeness (QED) is 0.343. The van der Waals surface area contributed by atoms with Crippen molar-refractivity contribution in [1.29, 1.82) is 5.26 Å². The molecule has 40 heavy (non-hydrogen) atoms. The maximum Gasteiger partial charge on any atom is 0.324 e. The molecule has 3 heterocycles. The number of ether oxygens (including phenoxy) is 1. The van der Waals surface area contributed by atoms with Gasteiger partial charge in [0.15, 0.2) is 0 Å². The summed E-state index contributed by atoms with van der Waals surface area (Å²) >= 11 is 0. The monoisotopic (exact) mass is 563 g/mol. The lowest BCUT2D eigenvalue weighted by atomic mass is 9.94. The Kier molecular flexibility index (Phi) is 8.52. The van der Waals surface area contributed by atoms with Gasteiger partial charge in [0.25, 0.3) is 5.56 Å².